The molecular formula is C21H19F6N3O. The van der Waals surface area contributed by atoms with E-state index in [2.05, 4.69) is 5.32 Å². The SMILES string of the molecule is Cc1cc(C(F)(C(C)(F)F)C(F)(F)F)cc(CC#N)c1NC(=O)c1ccc(CN)cc1. The molecule has 2 rings (SSSR count). The number of carbonyl (C=O) groups is 1. The fourth-order valence-electron chi connectivity index (χ4n) is 3.11. The van der Waals surface area contributed by atoms with Crippen molar-refractivity contribution in [2.45, 2.75) is 44.6 Å². The summed E-state index contributed by atoms with van der Waals surface area (Å²) in [5.41, 5.74) is -0.266. The molecule has 0 aliphatic carbocycles. The van der Waals surface area contributed by atoms with Crippen molar-refractivity contribution in [1.29, 1.82) is 5.26 Å². The molecule has 0 saturated carbocycles. The molecule has 2 aromatic rings. The van der Waals surface area contributed by atoms with Crippen LogP contribution in [0.1, 0.15) is 39.5 Å². The normalized spacial score (nSPS) is 13.9. The summed E-state index contributed by atoms with van der Waals surface area (Å²) < 4.78 is 82.3. The summed E-state index contributed by atoms with van der Waals surface area (Å²) in [5.74, 6) is -5.45. The van der Waals surface area contributed by atoms with Gasteiger partial charge in [0.2, 0.25) is 0 Å². The Balaban J connectivity index is 2.56. The smallest absolute Gasteiger partial charge is 0.326 e. The number of nitriles is 1. The molecule has 0 fully saturated rings. The van der Waals surface area contributed by atoms with Gasteiger partial charge in [0.15, 0.2) is 0 Å². The molecule has 0 saturated heterocycles. The second kappa shape index (κ2) is 8.59. The van der Waals surface area contributed by atoms with Gasteiger partial charge in [-0.05, 0) is 41.8 Å². The number of anilines is 1. The number of amides is 1. The maximum absolute atomic E-state index is 14.8. The van der Waals surface area contributed by atoms with Crippen LogP contribution in [0.3, 0.4) is 0 Å². The lowest BCUT2D eigenvalue weighted by Crippen LogP contribution is -2.51. The standard InChI is InChI=1S/C21H19F6N3O/c1-12-9-16(20(24,19(2,22)23)21(25,26)27)10-15(7-8-28)17(12)30-18(31)14-5-3-13(11-29)4-6-14/h3-6,9-10H,7,11,29H2,1-2H3,(H,30,31). The van der Waals surface area contributed by atoms with E-state index in [1.54, 1.807) is 18.2 Å². The molecule has 0 aliphatic rings. The molecule has 0 radical (unpaired) electrons. The van der Waals surface area contributed by atoms with Crippen LogP contribution in [-0.4, -0.2) is 18.0 Å². The third-order valence-corrected chi connectivity index (χ3v) is 4.77. The van der Waals surface area contributed by atoms with Crippen LogP contribution in [0.5, 0.6) is 0 Å². The van der Waals surface area contributed by atoms with Crippen molar-refractivity contribution in [3.05, 3.63) is 64.2 Å². The number of nitrogens with one attached hydrogen (secondary N) is 1. The minimum Gasteiger partial charge on any atom is -0.326 e. The number of aryl methyl sites for hydroxylation is 1. The number of hydrogen-bond donors (Lipinski definition) is 2. The van der Waals surface area contributed by atoms with E-state index in [-0.39, 0.29) is 35.8 Å². The lowest BCUT2D eigenvalue weighted by molar-refractivity contribution is -0.304. The Hall–Kier alpha value is -3.06. The van der Waals surface area contributed by atoms with Gasteiger partial charge in [0, 0.05) is 30.3 Å². The van der Waals surface area contributed by atoms with Crippen molar-refractivity contribution in [2.24, 2.45) is 5.73 Å². The molecule has 0 heterocycles. The van der Waals surface area contributed by atoms with Crippen LogP contribution in [0, 0.1) is 18.3 Å². The molecule has 10 heteroatoms. The topological polar surface area (TPSA) is 78.9 Å². The van der Waals surface area contributed by atoms with Crippen LogP contribution in [-0.2, 0) is 18.6 Å². The second-order valence-corrected chi connectivity index (χ2v) is 7.06. The van der Waals surface area contributed by atoms with E-state index in [0.29, 0.717) is 12.1 Å². The zero-order chi connectivity index (χ0) is 23.6. The first-order valence-electron chi connectivity index (χ1n) is 9.01. The molecule has 31 heavy (non-hydrogen) atoms. The van der Waals surface area contributed by atoms with Gasteiger partial charge in [-0.3, -0.25) is 4.79 Å². The molecule has 1 atom stereocenters. The van der Waals surface area contributed by atoms with Gasteiger partial charge in [0.25, 0.3) is 17.5 Å². The first-order valence-corrected chi connectivity index (χ1v) is 9.01. The van der Waals surface area contributed by atoms with Gasteiger partial charge >= 0.3 is 6.18 Å². The van der Waals surface area contributed by atoms with Crippen LogP contribution < -0.4 is 11.1 Å². The van der Waals surface area contributed by atoms with Crippen molar-refractivity contribution in [2.75, 3.05) is 5.32 Å². The molecule has 166 valence electrons. The highest BCUT2D eigenvalue weighted by molar-refractivity contribution is 6.05. The van der Waals surface area contributed by atoms with Gasteiger partial charge in [-0.15, -0.1) is 0 Å². The number of alkyl halides is 6. The summed E-state index contributed by atoms with van der Waals surface area (Å²) >= 11 is 0. The molecule has 0 aliphatic heterocycles. The molecular weight excluding hydrogens is 424 g/mol. The zero-order valence-corrected chi connectivity index (χ0v) is 16.6. The Kier molecular flexibility index (Phi) is 6.71. The summed E-state index contributed by atoms with van der Waals surface area (Å²) in [4.78, 5) is 12.5. The quantitative estimate of drug-likeness (QED) is 0.606. The van der Waals surface area contributed by atoms with Crippen molar-refractivity contribution >= 4 is 11.6 Å². The first kappa shape index (κ1) is 24.2. The lowest BCUT2D eigenvalue weighted by Gasteiger charge is -2.34. The van der Waals surface area contributed by atoms with Crippen LogP contribution >= 0.6 is 0 Å². The van der Waals surface area contributed by atoms with Gasteiger partial charge in [0.1, 0.15) is 0 Å². The minimum atomic E-state index is -5.92. The molecule has 0 aromatic heterocycles. The Morgan fingerprint density at radius 1 is 1.10 bits per heavy atom. The Morgan fingerprint density at radius 3 is 2.13 bits per heavy atom. The summed E-state index contributed by atoms with van der Waals surface area (Å²) in [6.45, 7) is 1.31. The molecule has 3 N–H and O–H groups in total. The van der Waals surface area contributed by atoms with Crippen molar-refractivity contribution in [3.63, 3.8) is 0 Å². The Labute approximate surface area is 174 Å². The summed E-state index contributed by atoms with van der Waals surface area (Å²) in [5, 5.41) is 11.5. The molecule has 0 bridgehead atoms. The van der Waals surface area contributed by atoms with Crippen LogP contribution in [0.15, 0.2) is 36.4 Å². The van der Waals surface area contributed by atoms with E-state index >= 15 is 0 Å². The number of nitrogens with two attached hydrogens (primary N) is 1. The van der Waals surface area contributed by atoms with Crippen LogP contribution in [0.4, 0.5) is 32.0 Å². The number of nitrogens with zero attached hydrogens (tertiary/aromatic N) is 1. The van der Waals surface area contributed by atoms with Gasteiger partial charge < -0.3 is 11.1 Å². The maximum Gasteiger partial charge on any atom is 0.432 e. The molecule has 2 aromatic carbocycles. The van der Waals surface area contributed by atoms with Crippen molar-refractivity contribution in [1.82, 2.24) is 0 Å². The highest BCUT2D eigenvalue weighted by Gasteiger charge is 2.70. The fraction of sp³-hybridized carbons (Fsp3) is 0.333. The first-order chi connectivity index (χ1) is 14.3. The van der Waals surface area contributed by atoms with Crippen LogP contribution in [0.25, 0.3) is 0 Å². The van der Waals surface area contributed by atoms with Crippen molar-refractivity contribution < 1.29 is 31.1 Å². The van der Waals surface area contributed by atoms with E-state index in [1.165, 1.54) is 19.1 Å². The predicted octanol–water partition coefficient (Wildman–Crippen LogP) is 5.15. The van der Waals surface area contributed by atoms with E-state index in [1.807, 2.05) is 0 Å². The lowest BCUT2D eigenvalue weighted by atomic mass is 9.86. The summed E-state index contributed by atoms with van der Waals surface area (Å²) in [6, 6.07) is 8.96. The average Bonchev–Trinajstić information content (AvgIpc) is 2.68. The predicted molar refractivity (Wildman–Crippen MR) is 102 cm³/mol. The number of rotatable bonds is 6. The van der Waals surface area contributed by atoms with Crippen LogP contribution in [0.2, 0.25) is 0 Å². The van der Waals surface area contributed by atoms with E-state index in [9.17, 15) is 31.1 Å². The average molecular weight is 443 g/mol. The summed E-state index contributed by atoms with van der Waals surface area (Å²) in [6.07, 6.45) is -6.46. The number of halogens is 6. The monoisotopic (exact) mass is 443 g/mol. The van der Waals surface area contributed by atoms with E-state index in [4.69, 9.17) is 11.0 Å². The second-order valence-electron chi connectivity index (χ2n) is 7.06. The van der Waals surface area contributed by atoms with Gasteiger partial charge in [-0.25, -0.2) is 13.2 Å². The molecule has 1 unspecified atom stereocenters. The minimum absolute atomic E-state index is 0.0536. The third-order valence-electron chi connectivity index (χ3n) is 4.77. The Morgan fingerprint density at radius 2 is 1.68 bits per heavy atom. The number of carbonyl (C=O) groups excluding carboxylic acids is 1. The number of benzene rings is 2. The fourth-order valence-corrected chi connectivity index (χ4v) is 3.11. The van der Waals surface area contributed by atoms with Gasteiger partial charge in [-0.1, -0.05) is 18.2 Å². The third kappa shape index (κ3) is 4.66. The van der Waals surface area contributed by atoms with E-state index in [0.717, 1.165) is 5.56 Å². The van der Waals surface area contributed by atoms with Gasteiger partial charge in [-0.2, -0.15) is 18.4 Å². The summed E-state index contributed by atoms with van der Waals surface area (Å²) in [7, 11) is 0. The largest absolute Gasteiger partial charge is 0.432 e. The highest BCUT2D eigenvalue weighted by atomic mass is 19.4. The van der Waals surface area contributed by atoms with Gasteiger partial charge in [0.05, 0.1) is 12.5 Å². The number of hydrogen-bond acceptors (Lipinski definition) is 3. The molecule has 0 spiro atoms. The maximum atomic E-state index is 14.8. The van der Waals surface area contributed by atoms with E-state index < -0.39 is 35.7 Å². The Bertz CT molecular complexity index is 990. The molecule has 4 nitrogen and oxygen atoms in total. The zero-order valence-electron chi connectivity index (χ0n) is 16.6. The molecule has 1 amide bonds. The highest BCUT2D eigenvalue weighted by Crippen LogP contribution is 2.53. The van der Waals surface area contributed by atoms with Crippen molar-refractivity contribution in [3.8, 4) is 6.07 Å².